The number of carbonyl (C=O) groups is 1. The fraction of sp³-hybridized carbons (Fsp3) is 0.833. The van der Waals surface area contributed by atoms with Gasteiger partial charge in [0.2, 0.25) is 0 Å². The van der Waals surface area contributed by atoms with Crippen molar-refractivity contribution in [2.45, 2.75) is 18.9 Å². The molecular formula is C6H10ClNO2. The van der Waals surface area contributed by atoms with Crippen molar-refractivity contribution in [2.75, 3.05) is 7.11 Å². The second-order valence-corrected chi connectivity index (χ2v) is 2.67. The molecular weight excluding hydrogens is 154 g/mol. The van der Waals surface area contributed by atoms with Crippen molar-refractivity contribution in [3.63, 3.8) is 0 Å². The molecule has 1 aliphatic carbocycles. The first-order valence-electron chi connectivity index (χ1n) is 3.23. The van der Waals surface area contributed by atoms with Gasteiger partial charge >= 0.3 is 5.97 Å². The highest BCUT2D eigenvalue weighted by Crippen LogP contribution is 2.33. The molecule has 1 aliphatic rings. The van der Waals surface area contributed by atoms with Crippen LogP contribution in [0.15, 0.2) is 0 Å². The summed E-state index contributed by atoms with van der Waals surface area (Å²) in [6.45, 7) is 0. The SMILES string of the molecule is COC(=O)[C@@H](NCl)C1CC1. The third kappa shape index (κ3) is 1.61. The van der Waals surface area contributed by atoms with Gasteiger partial charge in [0.1, 0.15) is 6.04 Å². The third-order valence-electron chi connectivity index (χ3n) is 1.67. The molecule has 1 fully saturated rings. The van der Waals surface area contributed by atoms with Gasteiger partial charge in [-0.05, 0) is 30.5 Å². The van der Waals surface area contributed by atoms with E-state index in [1.165, 1.54) is 7.11 Å². The zero-order chi connectivity index (χ0) is 7.56. The molecule has 0 radical (unpaired) electrons. The second kappa shape index (κ2) is 3.21. The quantitative estimate of drug-likeness (QED) is 0.491. The number of methoxy groups -OCH3 is 1. The van der Waals surface area contributed by atoms with E-state index in [-0.39, 0.29) is 12.0 Å². The molecule has 0 amide bonds. The van der Waals surface area contributed by atoms with Crippen molar-refractivity contribution in [1.29, 1.82) is 0 Å². The molecule has 10 heavy (non-hydrogen) atoms. The predicted octanol–water partition coefficient (Wildman–Crippen LogP) is 0.681. The number of hydrogen-bond donors (Lipinski definition) is 1. The molecule has 0 bridgehead atoms. The van der Waals surface area contributed by atoms with Gasteiger partial charge in [-0.2, -0.15) is 0 Å². The van der Waals surface area contributed by atoms with Gasteiger partial charge in [0, 0.05) is 0 Å². The third-order valence-corrected chi connectivity index (χ3v) is 1.90. The smallest absolute Gasteiger partial charge is 0.324 e. The van der Waals surface area contributed by atoms with Crippen LogP contribution in [-0.4, -0.2) is 19.1 Å². The molecule has 0 aromatic carbocycles. The number of nitrogens with one attached hydrogen (secondary N) is 1. The molecule has 0 aliphatic heterocycles. The summed E-state index contributed by atoms with van der Waals surface area (Å²) in [5.74, 6) is 0.127. The minimum atomic E-state index is -0.299. The van der Waals surface area contributed by atoms with E-state index in [1.54, 1.807) is 0 Å². The Morgan fingerprint density at radius 2 is 2.40 bits per heavy atom. The highest BCUT2D eigenvalue weighted by atomic mass is 35.5. The Morgan fingerprint density at radius 3 is 2.70 bits per heavy atom. The average molecular weight is 164 g/mol. The normalized spacial score (nSPS) is 20.2. The molecule has 0 aromatic rings. The van der Waals surface area contributed by atoms with Gasteiger partial charge in [0.05, 0.1) is 7.11 Å². The summed E-state index contributed by atoms with van der Waals surface area (Å²) >= 11 is 5.33. The Labute approximate surface area is 64.8 Å². The van der Waals surface area contributed by atoms with Gasteiger partial charge in [0.25, 0.3) is 0 Å². The van der Waals surface area contributed by atoms with Crippen LogP contribution in [0, 0.1) is 5.92 Å². The fourth-order valence-electron chi connectivity index (χ4n) is 0.883. The van der Waals surface area contributed by atoms with Gasteiger partial charge in [-0.3, -0.25) is 4.79 Å². The summed E-state index contributed by atoms with van der Waals surface area (Å²) in [6.07, 6.45) is 2.14. The first-order chi connectivity index (χ1) is 4.79. The summed E-state index contributed by atoms with van der Waals surface area (Å²) in [4.78, 5) is 13.3. The van der Waals surface area contributed by atoms with Crippen LogP contribution in [-0.2, 0) is 9.53 Å². The lowest BCUT2D eigenvalue weighted by Gasteiger charge is -2.09. The van der Waals surface area contributed by atoms with Crippen LogP contribution in [0.25, 0.3) is 0 Å². The highest BCUT2D eigenvalue weighted by Gasteiger charge is 2.36. The van der Waals surface area contributed by atoms with Crippen molar-refractivity contribution in [3.05, 3.63) is 0 Å². The summed E-state index contributed by atoms with van der Waals surface area (Å²) < 4.78 is 4.52. The van der Waals surface area contributed by atoms with Crippen LogP contribution in [0.4, 0.5) is 0 Å². The standard InChI is InChI=1S/C6H10ClNO2/c1-10-6(9)5(8-7)4-2-3-4/h4-5,8H,2-3H2,1H3/t5-/m0/s1. The summed E-state index contributed by atoms with van der Waals surface area (Å²) in [5, 5.41) is 0. The van der Waals surface area contributed by atoms with E-state index < -0.39 is 0 Å². The maximum absolute atomic E-state index is 10.9. The van der Waals surface area contributed by atoms with E-state index >= 15 is 0 Å². The number of esters is 1. The van der Waals surface area contributed by atoms with Crippen LogP contribution >= 0.6 is 11.8 Å². The minimum Gasteiger partial charge on any atom is -0.468 e. The van der Waals surface area contributed by atoms with Gasteiger partial charge in [-0.25, -0.2) is 4.84 Å². The van der Waals surface area contributed by atoms with Crippen molar-refractivity contribution in [2.24, 2.45) is 5.92 Å². The molecule has 0 unspecified atom stereocenters. The zero-order valence-electron chi connectivity index (χ0n) is 5.76. The molecule has 0 saturated heterocycles. The van der Waals surface area contributed by atoms with Crippen LogP contribution in [0.3, 0.4) is 0 Å². The Hall–Kier alpha value is -0.280. The first kappa shape index (κ1) is 7.82. The monoisotopic (exact) mass is 163 g/mol. The molecule has 0 spiro atoms. The van der Waals surface area contributed by atoms with Crippen LogP contribution in [0.5, 0.6) is 0 Å². The number of carbonyl (C=O) groups excluding carboxylic acids is 1. The average Bonchev–Trinajstić information content (AvgIpc) is 2.73. The van der Waals surface area contributed by atoms with Crippen LogP contribution in [0.1, 0.15) is 12.8 Å². The minimum absolute atomic E-state index is 0.266. The lowest BCUT2D eigenvalue weighted by Crippen LogP contribution is -2.33. The van der Waals surface area contributed by atoms with Crippen LogP contribution in [0.2, 0.25) is 0 Å². The molecule has 0 heterocycles. The molecule has 1 saturated carbocycles. The molecule has 1 N–H and O–H groups in total. The molecule has 3 nitrogen and oxygen atoms in total. The molecule has 58 valence electrons. The van der Waals surface area contributed by atoms with Crippen molar-refractivity contribution >= 4 is 17.7 Å². The van der Waals surface area contributed by atoms with Gasteiger partial charge < -0.3 is 4.74 Å². The predicted molar refractivity (Wildman–Crippen MR) is 37.5 cm³/mol. The van der Waals surface area contributed by atoms with E-state index in [4.69, 9.17) is 11.8 Å². The van der Waals surface area contributed by atoms with Crippen molar-refractivity contribution < 1.29 is 9.53 Å². The molecule has 1 rings (SSSR count). The maximum Gasteiger partial charge on any atom is 0.324 e. The number of hydrogen-bond acceptors (Lipinski definition) is 3. The van der Waals surface area contributed by atoms with E-state index in [9.17, 15) is 4.79 Å². The Kier molecular flexibility index (Phi) is 2.51. The van der Waals surface area contributed by atoms with Crippen LogP contribution < -0.4 is 4.84 Å². The Bertz CT molecular complexity index is 136. The number of ether oxygens (including phenoxy) is 1. The maximum atomic E-state index is 10.9. The topological polar surface area (TPSA) is 38.3 Å². The molecule has 4 heteroatoms. The summed E-state index contributed by atoms with van der Waals surface area (Å²) in [7, 11) is 1.37. The van der Waals surface area contributed by atoms with Gasteiger partial charge in [-0.1, -0.05) is 0 Å². The van der Waals surface area contributed by atoms with E-state index in [1.807, 2.05) is 0 Å². The summed E-state index contributed by atoms with van der Waals surface area (Å²) in [5.41, 5.74) is 0. The Balaban J connectivity index is 2.38. The first-order valence-corrected chi connectivity index (χ1v) is 3.61. The second-order valence-electron chi connectivity index (χ2n) is 2.45. The van der Waals surface area contributed by atoms with Gasteiger partial charge in [-0.15, -0.1) is 0 Å². The van der Waals surface area contributed by atoms with E-state index in [0.717, 1.165) is 12.8 Å². The van der Waals surface area contributed by atoms with E-state index in [0.29, 0.717) is 5.92 Å². The largest absolute Gasteiger partial charge is 0.468 e. The van der Waals surface area contributed by atoms with E-state index in [2.05, 4.69) is 9.57 Å². The Morgan fingerprint density at radius 1 is 1.80 bits per heavy atom. The molecule has 1 atom stereocenters. The lowest BCUT2D eigenvalue weighted by atomic mass is 10.2. The fourth-order valence-corrected chi connectivity index (χ4v) is 1.15. The summed E-state index contributed by atoms with van der Waals surface area (Å²) in [6, 6.07) is -0.299. The number of rotatable bonds is 3. The lowest BCUT2D eigenvalue weighted by molar-refractivity contribution is -0.143. The van der Waals surface area contributed by atoms with Gasteiger partial charge in [0.15, 0.2) is 0 Å². The molecule has 0 aromatic heterocycles. The van der Waals surface area contributed by atoms with Crippen molar-refractivity contribution in [3.8, 4) is 0 Å². The number of halogens is 1. The zero-order valence-corrected chi connectivity index (χ0v) is 6.52. The highest BCUT2D eigenvalue weighted by molar-refractivity contribution is 6.14. The van der Waals surface area contributed by atoms with Crippen molar-refractivity contribution in [1.82, 2.24) is 4.84 Å².